The number of benzene rings is 2. The lowest BCUT2D eigenvalue weighted by atomic mass is 10.0. The standard InChI is InChI=1S/C22H23ClN2O2/c1-14(2)16-4-6-17(7-5-16)20-13-24-22(27-20)11-10-21(26)25-19-9-8-18(23)12-15(19)3/h4-9,12-14H,10-11H2,1-3H3,(H,25,26). The van der Waals surface area contributed by atoms with Gasteiger partial charge in [-0.1, -0.05) is 49.7 Å². The van der Waals surface area contributed by atoms with E-state index < -0.39 is 0 Å². The summed E-state index contributed by atoms with van der Waals surface area (Å²) in [7, 11) is 0. The Morgan fingerprint density at radius 3 is 2.59 bits per heavy atom. The molecular formula is C22H23ClN2O2. The third-order valence-electron chi connectivity index (χ3n) is 4.44. The molecule has 0 spiro atoms. The minimum atomic E-state index is -0.0820. The molecule has 0 aliphatic carbocycles. The van der Waals surface area contributed by atoms with E-state index in [-0.39, 0.29) is 5.91 Å². The summed E-state index contributed by atoms with van der Waals surface area (Å²) in [4.78, 5) is 16.5. The number of rotatable bonds is 6. The molecule has 3 aromatic rings. The number of aryl methyl sites for hydroxylation is 2. The van der Waals surface area contributed by atoms with Gasteiger partial charge in [0.15, 0.2) is 11.7 Å². The lowest BCUT2D eigenvalue weighted by molar-refractivity contribution is -0.116. The summed E-state index contributed by atoms with van der Waals surface area (Å²) in [6.07, 6.45) is 2.46. The molecular weight excluding hydrogens is 360 g/mol. The minimum absolute atomic E-state index is 0.0820. The molecule has 0 fully saturated rings. The Morgan fingerprint density at radius 1 is 1.19 bits per heavy atom. The van der Waals surface area contributed by atoms with E-state index in [2.05, 4.69) is 36.3 Å². The van der Waals surface area contributed by atoms with E-state index in [1.807, 2.05) is 25.1 Å². The predicted octanol–water partition coefficient (Wildman–Crippen LogP) is 6.00. The number of oxazole rings is 1. The highest BCUT2D eigenvalue weighted by molar-refractivity contribution is 6.30. The fraction of sp³-hybridized carbons (Fsp3) is 0.273. The van der Waals surface area contributed by atoms with Crippen molar-refractivity contribution >= 4 is 23.2 Å². The van der Waals surface area contributed by atoms with Crippen molar-refractivity contribution in [2.45, 2.75) is 39.5 Å². The first-order valence-corrected chi connectivity index (χ1v) is 9.41. The number of nitrogens with zero attached hydrogens (tertiary/aromatic N) is 1. The van der Waals surface area contributed by atoms with Crippen LogP contribution in [0.3, 0.4) is 0 Å². The quantitative estimate of drug-likeness (QED) is 0.569. The van der Waals surface area contributed by atoms with Gasteiger partial charge >= 0.3 is 0 Å². The molecule has 5 heteroatoms. The van der Waals surface area contributed by atoms with Gasteiger partial charge in [-0.3, -0.25) is 4.79 Å². The summed E-state index contributed by atoms with van der Waals surface area (Å²) in [5.41, 5.74) is 3.97. The van der Waals surface area contributed by atoms with Crippen molar-refractivity contribution in [2.24, 2.45) is 0 Å². The highest BCUT2D eigenvalue weighted by Gasteiger charge is 2.11. The average molecular weight is 383 g/mol. The molecule has 0 aliphatic heterocycles. The third kappa shape index (κ3) is 4.98. The maximum absolute atomic E-state index is 12.2. The van der Waals surface area contributed by atoms with Crippen LogP contribution >= 0.6 is 11.6 Å². The van der Waals surface area contributed by atoms with E-state index in [4.69, 9.17) is 16.0 Å². The molecule has 0 aliphatic rings. The molecule has 4 nitrogen and oxygen atoms in total. The number of carbonyl (C=O) groups is 1. The first kappa shape index (κ1) is 19.2. The fourth-order valence-corrected chi connectivity index (χ4v) is 3.02. The Bertz CT molecular complexity index is 930. The van der Waals surface area contributed by atoms with Crippen LogP contribution in [0.1, 0.15) is 43.2 Å². The van der Waals surface area contributed by atoms with Crippen molar-refractivity contribution in [3.8, 4) is 11.3 Å². The summed E-state index contributed by atoms with van der Waals surface area (Å²) >= 11 is 5.94. The number of hydrogen-bond acceptors (Lipinski definition) is 3. The number of hydrogen-bond donors (Lipinski definition) is 1. The Kier molecular flexibility index (Phi) is 5.97. The molecule has 0 saturated heterocycles. The smallest absolute Gasteiger partial charge is 0.224 e. The number of anilines is 1. The van der Waals surface area contributed by atoms with E-state index in [0.717, 1.165) is 16.8 Å². The van der Waals surface area contributed by atoms with E-state index in [0.29, 0.717) is 35.4 Å². The van der Waals surface area contributed by atoms with Gasteiger partial charge in [0.1, 0.15) is 0 Å². The molecule has 0 bridgehead atoms. The molecule has 1 N–H and O–H groups in total. The van der Waals surface area contributed by atoms with Gasteiger partial charge in [-0.25, -0.2) is 4.98 Å². The van der Waals surface area contributed by atoms with E-state index >= 15 is 0 Å². The zero-order chi connectivity index (χ0) is 19.4. The second kappa shape index (κ2) is 8.40. The SMILES string of the molecule is Cc1cc(Cl)ccc1NC(=O)CCc1ncc(-c2ccc(C(C)C)cc2)o1. The zero-order valence-corrected chi connectivity index (χ0v) is 16.5. The van der Waals surface area contributed by atoms with Gasteiger partial charge in [0, 0.05) is 29.1 Å². The number of amides is 1. The van der Waals surface area contributed by atoms with Crippen LogP contribution in [-0.4, -0.2) is 10.9 Å². The van der Waals surface area contributed by atoms with E-state index in [1.165, 1.54) is 5.56 Å². The second-order valence-corrected chi connectivity index (χ2v) is 7.34. The second-order valence-electron chi connectivity index (χ2n) is 6.90. The lowest BCUT2D eigenvalue weighted by Gasteiger charge is -2.08. The summed E-state index contributed by atoms with van der Waals surface area (Å²) in [5, 5.41) is 3.55. The fourth-order valence-electron chi connectivity index (χ4n) is 2.79. The predicted molar refractivity (Wildman–Crippen MR) is 109 cm³/mol. The van der Waals surface area contributed by atoms with Crippen molar-refractivity contribution in [3.05, 3.63) is 70.7 Å². The Balaban J connectivity index is 1.58. The molecule has 0 unspecified atom stereocenters. The first-order valence-electron chi connectivity index (χ1n) is 9.03. The van der Waals surface area contributed by atoms with Crippen LogP contribution < -0.4 is 5.32 Å². The summed E-state index contributed by atoms with van der Waals surface area (Å²) in [6, 6.07) is 13.7. The molecule has 2 aromatic carbocycles. The highest BCUT2D eigenvalue weighted by Crippen LogP contribution is 2.24. The molecule has 1 aromatic heterocycles. The monoisotopic (exact) mass is 382 g/mol. The molecule has 0 atom stereocenters. The van der Waals surface area contributed by atoms with Crippen LogP contribution in [0.15, 0.2) is 53.1 Å². The maximum atomic E-state index is 12.2. The van der Waals surface area contributed by atoms with Crippen LogP contribution in [0.2, 0.25) is 5.02 Å². The number of carbonyl (C=O) groups excluding carboxylic acids is 1. The molecule has 0 saturated carbocycles. The van der Waals surface area contributed by atoms with Gasteiger partial charge in [-0.2, -0.15) is 0 Å². The van der Waals surface area contributed by atoms with E-state index in [9.17, 15) is 4.79 Å². The van der Waals surface area contributed by atoms with Crippen LogP contribution in [-0.2, 0) is 11.2 Å². The largest absolute Gasteiger partial charge is 0.441 e. The van der Waals surface area contributed by atoms with Gasteiger partial charge in [-0.05, 0) is 42.2 Å². The van der Waals surface area contributed by atoms with Crippen LogP contribution in [0.4, 0.5) is 5.69 Å². The minimum Gasteiger partial charge on any atom is -0.441 e. The molecule has 1 amide bonds. The van der Waals surface area contributed by atoms with Gasteiger partial charge < -0.3 is 9.73 Å². The van der Waals surface area contributed by atoms with Crippen molar-refractivity contribution in [1.82, 2.24) is 4.98 Å². The van der Waals surface area contributed by atoms with Crippen molar-refractivity contribution in [2.75, 3.05) is 5.32 Å². The lowest BCUT2D eigenvalue weighted by Crippen LogP contribution is -2.13. The van der Waals surface area contributed by atoms with Crippen molar-refractivity contribution < 1.29 is 9.21 Å². The highest BCUT2D eigenvalue weighted by atomic mass is 35.5. The number of halogens is 1. The normalized spacial score (nSPS) is 11.0. The summed E-state index contributed by atoms with van der Waals surface area (Å²) in [6.45, 7) is 6.24. The van der Waals surface area contributed by atoms with Crippen molar-refractivity contribution in [1.29, 1.82) is 0 Å². The summed E-state index contributed by atoms with van der Waals surface area (Å²) < 4.78 is 5.80. The Morgan fingerprint density at radius 2 is 1.93 bits per heavy atom. The van der Waals surface area contributed by atoms with Gasteiger partial charge in [0.05, 0.1) is 6.20 Å². The van der Waals surface area contributed by atoms with Crippen LogP contribution in [0.25, 0.3) is 11.3 Å². The summed E-state index contributed by atoms with van der Waals surface area (Å²) in [5.74, 6) is 1.68. The van der Waals surface area contributed by atoms with Crippen molar-refractivity contribution in [3.63, 3.8) is 0 Å². The zero-order valence-electron chi connectivity index (χ0n) is 15.8. The van der Waals surface area contributed by atoms with Gasteiger partial charge in [0.2, 0.25) is 5.91 Å². The van der Waals surface area contributed by atoms with Crippen LogP contribution in [0.5, 0.6) is 0 Å². The molecule has 1 heterocycles. The molecule has 3 rings (SSSR count). The molecule has 0 radical (unpaired) electrons. The number of nitrogens with one attached hydrogen (secondary N) is 1. The first-order chi connectivity index (χ1) is 12.9. The average Bonchev–Trinajstić information content (AvgIpc) is 3.11. The Labute approximate surface area is 164 Å². The van der Waals surface area contributed by atoms with Gasteiger partial charge in [-0.15, -0.1) is 0 Å². The van der Waals surface area contributed by atoms with Crippen LogP contribution in [0, 0.1) is 6.92 Å². The van der Waals surface area contributed by atoms with E-state index in [1.54, 1.807) is 18.3 Å². The maximum Gasteiger partial charge on any atom is 0.224 e. The topological polar surface area (TPSA) is 55.1 Å². The molecule has 140 valence electrons. The third-order valence-corrected chi connectivity index (χ3v) is 4.68. The number of aromatic nitrogens is 1. The Hall–Kier alpha value is -2.59. The molecule has 27 heavy (non-hydrogen) atoms. The van der Waals surface area contributed by atoms with Gasteiger partial charge in [0.25, 0.3) is 0 Å².